The molecule has 1 aliphatic heterocycles. The number of hydrogen-bond acceptors (Lipinski definition) is 3. The SMILES string of the molecule is Cc1cccc(S(=O)(=O)N[C@@H](C)C(=O)N2CCCC2)c1. The Hall–Kier alpha value is -1.40. The molecule has 0 radical (unpaired) electrons. The third-order valence-corrected chi connectivity index (χ3v) is 4.96. The molecular weight excluding hydrogens is 276 g/mol. The maximum Gasteiger partial charge on any atom is 0.241 e. The van der Waals surface area contributed by atoms with E-state index in [9.17, 15) is 13.2 Å². The van der Waals surface area contributed by atoms with Gasteiger partial charge in [0, 0.05) is 13.1 Å². The van der Waals surface area contributed by atoms with E-state index in [0.717, 1.165) is 31.5 Å². The van der Waals surface area contributed by atoms with Crippen LogP contribution in [0.5, 0.6) is 0 Å². The van der Waals surface area contributed by atoms with Crippen molar-refractivity contribution in [1.82, 2.24) is 9.62 Å². The van der Waals surface area contributed by atoms with Gasteiger partial charge in [-0.25, -0.2) is 8.42 Å². The van der Waals surface area contributed by atoms with Crippen molar-refractivity contribution in [3.05, 3.63) is 29.8 Å². The molecule has 1 aromatic rings. The zero-order chi connectivity index (χ0) is 14.8. The van der Waals surface area contributed by atoms with Gasteiger partial charge in [-0.05, 0) is 44.4 Å². The van der Waals surface area contributed by atoms with E-state index in [-0.39, 0.29) is 10.8 Å². The Morgan fingerprint density at radius 2 is 1.95 bits per heavy atom. The molecular formula is C14H20N2O3S. The normalized spacial score (nSPS) is 17.2. The van der Waals surface area contributed by atoms with Gasteiger partial charge >= 0.3 is 0 Å². The number of carbonyl (C=O) groups is 1. The van der Waals surface area contributed by atoms with E-state index in [1.165, 1.54) is 6.07 Å². The molecule has 0 aliphatic carbocycles. The zero-order valence-corrected chi connectivity index (χ0v) is 12.6. The minimum Gasteiger partial charge on any atom is -0.341 e. The van der Waals surface area contributed by atoms with Crippen LogP contribution in [0.15, 0.2) is 29.2 Å². The standard InChI is InChI=1S/C14H20N2O3S/c1-11-6-5-7-13(10-11)20(18,19)15-12(2)14(17)16-8-3-4-9-16/h5-7,10,12,15H,3-4,8-9H2,1-2H3/t12-/m0/s1. The first kappa shape index (κ1) is 15.0. The van der Waals surface area contributed by atoms with E-state index in [2.05, 4.69) is 4.72 Å². The highest BCUT2D eigenvalue weighted by molar-refractivity contribution is 7.89. The second-order valence-electron chi connectivity index (χ2n) is 5.19. The van der Waals surface area contributed by atoms with Crippen LogP contribution in [-0.4, -0.2) is 38.4 Å². The van der Waals surface area contributed by atoms with E-state index in [1.54, 1.807) is 24.0 Å². The van der Waals surface area contributed by atoms with E-state index in [1.807, 2.05) is 13.0 Å². The molecule has 0 spiro atoms. The van der Waals surface area contributed by atoms with E-state index >= 15 is 0 Å². The topological polar surface area (TPSA) is 66.5 Å². The molecule has 2 rings (SSSR count). The summed E-state index contributed by atoms with van der Waals surface area (Å²) in [4.78, 5) is 14.0. The molecule has 0 aromatic heterocycles. The Kier molecular flexibility index (Phi) is 4.45. The van der Waals surface area contributed by atoms with Gasteiger partial charge in [0.2, 0.25) is 15.9 Å². The minimum absolute atomic E-state index is 0.154. The highest BCUT2D eigenvalue weighted by Gasteiger charge is 2.27. The zero-order valence-electron chi connectivity index (χ0n) is 11.8. The molecule has 1 N–H and O–H groups in total. The highest BCUT2D eigenvalue weighted by atomic mass is 32.2. The van der Waals surface area contributed by atoms with Crippen LogP contribution in [-0.2, 0) is 14.8 Å². The minimum atomic E-state index is -3.65. The number of nitrogens with zero attached hydrogens (tertiary/aromatic N) is 1. The fourth-order valence-corrected chi connectivity index (χ4v) is 3.65. The summed E-state index contributed by atoms with van der Waals surface area (Å²) < 4.78 is 26.9. The summed E-state index contributed by atoms with van der Waals surface area (Å²) in [6, 6.07) is 5.91. The van der Waals surface area contributed by atoms with Gasteiger partial charge in [0.1, 0.15) is 0 Å². The number of rotatable bonds is 4. The summed E-state index contributed by atoms with van der Waals surface area (Å²) in [5.41, 5.74) is 0.867. The Balaban J connectivity index is 2.09. The van der Waals surface area contributed by atoms with Crippen molar-refractivity contribution in [3.63, 3.8) is 0 Å². The lowest BCUT2D eigenvalue weighted by Crippen LogP contribution is -2.45. The van der Waals surface area contributed by atoms with Crippen molar-refractivity contribution in [2.24, 2.45) is 0 Å². The number of sulfonamides is 1. The third kappa shape index (κ3) is 3.37. The summed E-state index contributed by atoms with van der Waals surface area (Å²) in [5, 5.41) is 0. The van der Waals surface area contributed by atoms with Gasteiger partial charge < -0.3 is 4.90 Å². The Labute approximate surface area is 120 Å². The molecule has 5 nitrogen and oxygen atoms in total. The fraction of sp³-hybridized carbons (Fsp3) is 0.500. The van der Waals surface area contributed by atoms with Gasteiger partial charge in [0.15, 0.2) is 0 Å². The quantitative estimate of drug-likeness (QED) is 0.910. The Bertz CT molecular complexity index is 592. The van der Waals surface area contributed by atoms with Gasteiger partial charge in [0.25, 0.3) is 0 Å². The van der Waals surface area contributed by atoms with Crippen molar-refractivity contribution < 1.29 is 13.2 Å². The van der Waals surface area contributed by atoms with Gasteiger partial charge in [-0.15, -0.1) is 0 Å². The second-order valence-corrected chi connectivity index (χ2v) is 6.91. The molecule has 1 atom stereocenters. The molecule has 20 heavy (non-hydrogen) atoms. The second kappa shape index (κ2) is 5.93. The lowest BCUT2D eigenvalue weighted by atomic mass is 10.2. The predicted molar refractivity (Wildman–Crippen MR) is 76.8 cm³/mol. The number of nitrogens with one attached hydrogen (secondary N) is 1. The maximum absolute atomic E-state index is 12.2. The number of aryl methyl sites for hydroxylation is 1. The predicted octanol–water partition coefficient (Wildman–Crippen LogP) is 1.28. The summed E-state index contributed by atoms with van der Waals surface area (Å²) >= 11 is 0. The number of hydrogen-bond donors (Lipinski definition) is 1. The summed E-state index contributed by atoms with van der Waals surface area (Å²) in [7, 11) is -3.65. The smallest absolute Gasteiger partial charge is 0.241 e. The number of carbonyl (C=O) groups excluding carboxylic acids is 1. The lowest BCUT2D eigenvalue weighted by molar-refractivity contribution is -0.131. The van der Waals surface area contributed by atoms with Crippen molar-refractivity contribution in [1.29, 1.82) is 0 Å². The van der Waals surface area contributed by atoms with Crippen LogP contribution in [0.4, 0.5) is 0 Å². The van der Waals surface area contributed by atoms with Gasteiger partial charge in [-0.3, -0.25) is 4.79 Å². The third-order valence-electron chi connectivity index (χ3n) is 3.42. The Morgan fingerprint density at radius 3 is 2.55 bits per heavy atom. The van der Waals surface area contributed by atoms with Crippen LogP contribution in [0, 0.1) is 6.92 Å². The highest BCUT2D eigenvalue weighted by Crippen LogP contribution is 2.13. The molecule has 1 heterocycles. The van der Waals surface area contributed by atoms with Crippen molar-refractivity contribution in [2.45, 2.75) is 37.6 Å². The number of likely N-dealkylation sites (tertiary alicyclic amines) is 1. The van der Waals surface area contributed by atoms with Crippen LogP contribution in [0.25, 0.3) is 0 Å². The molecule has 1 saturated heterocycles. The van der Waals surface area contributed by atoms with Crippen LogP contribution >= 0.6 is 0 Å². The molecule has 1 aromatic carbocycles. The molecule has 110 valence electrons. The maximum atomic E-state index is 12.2. The van der Waals surface area contributed by atoms with Crippen LogP contribution < -0.4 is 4.72 Å². The first-order valence-electron chi connectivity index (χ1n) is 6.78. The average molecular weight is 296 g/mol. The molecule has 0 bridgehead atoms. The number of benzene rings is 1. The van der Waals surface area contributed by atoms with E-state index < -0.39 is 16.1 Å². The largest absolute Gasteiger partial charge is 0.341 e. The molecule has 1 fully saturated rings. The van der Waals surface area contributed by atoms with Crippen LogP contribution in [0.1, 0.15) is 25.3 Å². The van der Waals surface area contributed by atoms with Crippen molar-refractivity contribution in [3.8, 4) is 0 Å². The van der Waals surface area contributed by atoms with Crippen LogP contribution in [0.2, 0.25) is 0 Å². The monoisotopic (exact) mass is 296 g/mol. The molecule has 1 aliphatic rings. The molecule has 0 unspecified atom stereocenters. The molecule has 1 amide bonds. The fourth-order valence-electron chi connectivity index (χ4n) is 2.35. The first-order valence-corrected chi connectivity index (χ1v) is 8.26. The lowest BCUT2D eigenvalue weighted by Gasteiger charge is -2.21. The summed E-state index contributed by atoms with van der Waals surface area (Å²) in [5.74, 6) is -0.154. The van der Waals surface area contributed by atoms with Crippen molar-refractivity contribution in [2.75, 3.05) is 13.1 Å². The number of amides is 1. The average Bonchev–Trinajstić information content (AvgIpc) is 2.91. The summed E-state index contributed by atoms with van der Waals surface area (Å²) in [6.07, 6.45) is 1.98. The molecule has 0 saturated carbocycles. The van der Waals surface area contributed by atoms with Gasteiger partial charge in [0.05, 0.1) is 10.9 Å². The van der Waals surface area contributed by atoms with E-state index in [0.29, 0.717) is 0 Å². The first-order chi connectivity index (χ1) is 9.40. The summed E-state index contributed by atoms with van der Waals surface area (Å²) in [6.45, 7) is 4.86. The van der Waals surface area contributed by atoms with E-state index in [4.69, 9.17) is 0 Å². The van der Waals surface area contributed by atoms with Crippen molar-refractivity contribution >= 4 is 15.9 Å². The molecule has 6 heteroatoms. The van der Waals surface area contributed by atoms with Gasteiger partial charge in [-0.2, -0.15) is 4.72 Å². The Morgan fingerprint density at radius 1 is 1.30 bits per heavy atom. The van der Waals surface area contributed by atoms with Gasteiger partial charge in [-0.1, -0.05) is 12.1 Å². The van der Waals surface area contributed by atoms with Crippen LogP contribution in [0.3, 0.4) is 0 Å².